The minimum Gasteiger partial charge on any atom is -0.321 e. The molecule has 1 saturated carbocycles. The Morgan fingerprint density at radius 1 is 1.26 bits per heavy atom. The second-order valence-corrected chi connectivity index (χ2v) is 6.80. The van der Waals surface area contributed by atoms with E-state index in [1.165, 1.54) is 11.0 Å². The molecule has 1 saturated heterocycles. The average molecular weight is 376 g/mol. The number of para-hydroxylation sites is 1. The summed E-state index contributed by atoms with van der Waals surface area (Å²) in [7, 11) is 0. The summed E-state index contributed by atoms with van der Waals surface area (Å²) in [4.78, 5) is 42.8. The number of nitrogens with zero attached hydrogens (tertiary/aromatic N) is 2. The van der Waals surface area contributed by atoms with Crippen LogP contribution in [0, 0.1) is 0 Å². The van der Waals surface area contributed by atoms with Crippen molar-refractivity contribution in [2.75, 3.05) is 13.2 Å². The highest BCUT2D eigenvalue weighted by Gasteiger charge is 2.40. The van der Waals surface area contributed by atoms with Crippen molar-refractivity contribution in [3.05, 3.63) is 44.7 Å². The number of carbonyl (C=O) groups is 2. The normalized spacial score (nSPS) is 18.0. The van der Waals surface area contributed by atoms with E-state index in [2.05, 4.69) is 20.9 Å². The molecule has 0 atom stereocenters. The van der Waals surface area contributed by atoms with Crippen molar-refractivity contribution in [3.63, 3.8) is 0 Å². The highest BCUT2D eigenvalue weighted by Crippen LogP contribution is 2.30. The summed E-state index contributed by atoms with van der Waals surface area (Å²) >= 11 is 3.39. The van der Waals surface area contributed by atoms with Crippen LogP contribution < -0.4 is 5.56 Å². The lowest BCUT2D eigenvalue weighted by atomic mass is 10.1. The number of rotatable bonds is 2. The topological polar surface area (TPSA) is 73.5 Å². The lowest BCUT2D eigenvalue weighted by Gasteiger charge is -2.18. The second-order valence-electron chi connectivity index (χ2n) is 5.95. The van der Waals surface area contributed by atoms with Crippen LogP contribution in [-0.4, -0.2) is 45.9 Å². The number of hydrogen-bond donors (Lipinski definition) is 1. The molecular weight excluding hydrogens is 362 g/mol. The average Bonchev–Trinajstić information content (AvgIpc) is 3.29. The molecule has 118 valence electrons. The Labute approximate surface area is 140 Å². The number of aromatic nitrogens is 1. The number of carbonyl (C=O) groups excluding carboxylic acids is 2. The van der Waals surface area contributed by atoms with Crippen LogP contribution in [0.25, 0.3) is 10.9 Å². The molecule has 1 aliphatic carbocycles. The molecule has 23 heavy (non-hydrogen) atoms. The van der Waals surface area contributed by atoms with Gasteiger partial charge in [0.15, 0.2) is 0 Å². The lowest BCUT2D eigenvalue weighted by Crippen LogP contribution is -2.33. The van der Waals surface area contributed by atoms with E-state index in [-0.39, 0.29) is 30.0 Å². The lowest BCUT2D eigenvalue weighted by molar-refractivity contribution is -0.127. The first-order chi connectivity index (χ1) is 11.0. The molecule has 1 aromatic carbocycles. The number of aromatic amines is 1. The first kappa shape index (κ1) is 14.4. The van der Waals surface area contributed by atoms with E-state index in [0.29, 0.717) is 23.1 Å². The van der Waals surface area contributed by atoms with Crippen molar-refractivity contribution in [1.82, 2.24) is 14.8 Å². The molecule has 0 spiro atoms. The molecule has 2 heterocycles. The van der Waals surface area contributed by atoms with Crippen LogP contribution in [0.4, 0.5) is 0 Å². The zero-order valence-corrected chi connectivity index (χ0v) is 13.8. The van der Waals surface area contributed by atoms with Crippen molar-refractivity contribution >= 4 is 38.6 Å². The number of benzene rings is 1. The molecule has 4 rings (SSSR count). The Hall–Kier alpha value is -2.15. The molecular formula is C16H14BrN3O3. The van der Waals surface area contributed by atoms with Crippen LogP contribution in [0.2, 0.25) is 0 Å². The van der Waals surface area contributed by atoms with E-state index in [4.69, 9.17) is 0 Å². The summed E-state index contributed by atoms with van der Waals surface area (Å²) < 4.78 is 0.721. The largest absolute Gasteiger partial charge is 0.321 e. The molecule has 2 amide bonds. The third-order valence-corrected chi connectivity index (χ3v) is 4.96. The minimum atomic E-state index is -0.336. The van der Waals surface area contributed by atoms with Crippen molar-refractivity contribution in [2.24, 2.45) is 0 Å². The number of hydrogen-bond acceptors (Lipinski definition) is 3. The van der Waals surface area contributed by atoms with Crippen LogP contribution in [-0.2, 0) is 4.79 Å². The van der Waals surface area contributed by atoms with Crippen molar-refractivity contribution < 1.29 is 9.59 Å². The van der Waals surface area contributed by atoms with Crippen molar-refractivity contribution in [2.45, 2.75) is 18.9 Å². The Balaban J connectivity index is 1.74. The summed E-state index contributed by atoms with van der Waals surface area (Å²) in [6.45, 7) is 0.391. The summed E-state index contributed by atoms with van der Waals surface area (Å²) in [5.41, 5.74) is 0.584. The minimum absolute atomic E-state index is 0.0174. The van der Waals surface area contributed by atoms with Gasteiger partial charge in [0, 0.05) is 22.0 Å². The number of nitrogens with one attached hydrogen (secondary N) is 1. The van der Waals surface area contributed by atoms with Gasteiger partial charge in [0.05, 0.1) is 17.7 Å². The Kier molecular flexibility index (Phi) is 3.26. The van der Waals surface area contributed by atoms with Gasteiger partial charge in [-0.05, 0) is 34.8 Å². The SMILES string of the molecule is O=C(c1cc(=O)[nH]c2c(Br)cccc12)N1CC(=O)N(C2CC2)C1. The number of pyridine rings is 1. The third kappa shape index (κ3) is 2.45. The van der Waals surface area contributed by atoms with Crippen LogP contribution in [0.15, 0.2) is 33.5 Å². The molecule has 0 bridgehead atoms. The Bertz CT molecular complexity index is 888. The maximum atomic E-state index is 12.8. The highest BCUT2D eigenvalue weighted by atomic mass is 79.9. The molecule has 1 aliphatic heterocycles. The second kappa shape index (κ2) is 5.19. The fraction of sp³-hybridized carbons (Fsp3) is 0.312. The van der Waals surface area contributed by atoms with Gasteiger partial charge in [-0.2, -0.15) is 0 Å². The summed E-state index contributed by atoms with van der Waals surface area (Å²) in [5.74, 6) is -0.299. The van der Waals surface area contributed by atoms with Crippen LogP contribution >= 0.6 is 15.9 Å². The van der Waals surface area contributed by atoms with Gasteiger partial charge in [0.1, 0.15) is 6.54 Å². The van der Waals surface area contributed by atoms with Gasteiger partial charge in [-0.3, -0.25) is 14.4 Å². The third-order valence-electron chi connectivity index (χ3n) is 4.30. The monoisotopic (exact) mass is 375 g/mol. The van der Waals surface area contributed by atoms with Crippen LogP contribution in [0.5, 0.6) is 0 Å². The number of fused-ring (bicyclic) bond motifs is 1. The van der Waals surface area contributed by atoms with E-state index >= 15 is 0 Å². The maximum absolute atomic E-state index is 12.8. The number of amides is 2. The number of H-pyrrole nitrogens is 1. The van der Waals surface area contributed by atoms with Gasteiger partial charge < -0.3 is 14.8 Å². The maximum Gasteiger partial charge on any atom is 0.256 e. The summed E-state index contributed by atoms with van der Waals surface area (Å²) in [6.07, 6.45) is 2.02. The van der Waals surface area contributed by atoms with E-state index in [0.717, 1.165) is 17.3 Å². The fourth-order valence-corrected chi connectivity index (χ4v) is 3.46. The first-order valence-electron chi connectivity index (χ1n) is 7.45. The number of halogens is 1. The Morgan fingerprint density at radius 2 is 2.04 bits per heavy atom. The van der Waals surface area contributed by atoms with E-state index in [1.807, 2.05) is 6.07 Å². The fourth-order valence-electron chi connectivity index (χ4n) is 3.00. The van der Waals surface area contributed by atoms with Gasteiger partial charge in [0.25, 0.3) is 5.91 Å². The van der Waals surface area contributed by atoms with Gasteiger partial charge in [-0.1, -0.05) is 12.1 Å². The van der Waals surface area contributed by atoms with E-state index in [9.17, 15) is 14.4 Å². The van der Waals surface area contributed by atoms with Crippen LogP contribution in [0.3, 0.4) is 0 Å². The first-order valence-corrected chi connectivity index (χ1v) is 8.24. The van der Waals surface area contributed by atoms with Gasteiger partial charge >= 0.3 is 0 Å². The smallest absolute Gasteiger partial charge is 0.256 e. The molecule has 2 fully saturated rings. The summed E-state index contributed by atoms with van der Waals surface area (Å²) in [6, 6.07) is 7.00. The predicted octanol–water partition coefficient (Wildman–Crippen LogP) is 1.69. The van der Waals surface area contributed by atoms with E-state index < -0.39 is 0 Å². The van der Waals surface area contributed by atoms with E-state index in [1.54, 1.807) is 17.0 Å². The van der Waals surface area contributed by atoms with Gasteiger partial charge in [-0.15, -0.1) is 0 Å². The zero-order valence-electron chi connectivity index (χ0n) is 12.2. The van der Waals surface area contributed by atoms with Gasteiger partial charge in [0.2, 0.25) is 11.5 Å². The molecule has 6 nitrogen and oxygen atoms in total. The molecule has 0 unspecified atom stereocenters. The molecule has 1 aromatic heterocycles. The van der Waals surface area contributed by atoms with Crippen molar-refractivity contribution in [1.29, 1.82) is 0 Å². The highest BCUT2D eigenvalue weighted by molar-refractivity contribution is 9.10. The van der Waals surface area contributed by atoms with Gasteiger partial charge in [-0.25, -0.2) is 0 Å². The molecule has 1 N–H and O–H groups in total. The van der Waals surface area contributed by atoms with Crippen molar-refractivity contribution in [3.8, 4) is 0 Å². The standard InChI is InChI=1S/C16H14BrN3O3/c17-12-3-1-2-10-11(6-13(21)18-15(10)12)16(23)19-7-14(22)20(8-19)9-4-5-9/h1-3,6,9H,4-5,7-8H2,(H,18,21). The molecule has 7 heteroatoms. The zero-order chi connectivity index (χ0) is 16.1. The summed E-state index contributed by atoms with van der Waals surface area (Å²) in [5, 5.41) is 0.668. The quantitative estimate of drug-likeness (QED) is 0.867. The molecule has 2 aromatic rings. The van der Waals surface area contributed by atoms with Crippen LogP contribution in [0.1, 0.15) is 23.2 Å². The molecule has 0 radical (unpaired) electrons. The molecule has 2 aliphatic rings. The predicted molar refractivity (Wildman–Crippen MR) is 88.0 cm³/mol. The Morgan fingerprint density at radius 3 is 2.78 bits per heavy atom.